The monoisotopic (exact) mass is 249 g/mol. The molecule has 1 aromatic rings. The number of ether oxygens (including phenoxy) is 1. The fourth-order valence-electron chi connectivity index (χ4n) is 2.89. The van der Waals surface area contributed by atoms with Gasteiger partial charge in [0.2, 0.25) is 0 Å². The van der Waals surface area contributed by atoms with Gasteiger partial charge in [-0.25, -0.2) is 0 Å². The van der Waals surface area contributed by atoms with Gasteiger partial charge in [-0.05, 0) is 51.1 Å². The number of nitrogens with zero attached hydrogens (tertiary/aromatic N) is 1. The van der Waals surface area contributed by atoms with Crippen molar-refractivity contribution in [3.8, 4) is 5.75 Å². The summed E-state index contributed by atoms with van der Waals surface area (Å²) in [7, 11) is 2.12. The largest absolute Gasteiger partial charge is 0.494 e. The van der Waals surface area contributed by atoms with E-state index in [4.69, 9.17) is 4.74 Å². The van der Waals surface area contributed by atoms with Gasteiger partial charge >= 0.3 is 0 Å². The van der Waals surface area contributed by atoms with E-state index in [1.165, 1.54) is 5.56 Å². The molecule has 1 fully saturated rings. The van der Waals surface area contributed by atoms with Crippen LogP contribution in [0.2, 0.25) is 0 Å². The number of aliphatic hydroxyl groups is 1. The molecule has 1 atom stereocenters. The van der Waals surface area contributed by atoms with Crippen molar-refractivity contribution in [2.75, 3.05) is 33.4 Å². The van der Waals surface area contributed by atoms with E-state index in [-0.39, 0.29) is 12.0 Å². The van der Waals surface area contributed by atoms with Gasteiger partial charge < -0.3 is 14.7 Å². The number of aliphatic hydroxyl groups excluding tert-OH is 1. The second kappa shape index (κ2) is 5.72. The zero-order valence-electron chi connectivity index (χ0n) is 11.4. The first-order chi connectivity index (χ1) is 8.70. The standard InChI is InChI=1S/C15H23NO2/c1-3-18-14-7-5-13(6-8-14)15(12-17)9-4-10-16(2)11-15/h5-8,17H,3-4,9-12H2,1-2H3. The van der Waals surface area contributed by atoms with Crippen molar-refractivity contribution < 1.29 is 9.84 Å². The molecule has 0 saturated carbocycles. The highest BCUT2D eigenvalue weighted by Crippen LogP contribution is 2.34. The second-order valence-electron chi connectivity index (χ2n) is 5.24. The van der Waals surface area contributed by atoms with E-state index in [0.29, 0.717) is 6.61 Å². The summed E-state index contributed by atoms with van der Waals surface area (Å²) in [6.07, 6.45) is 2.20. The second-order valence-corrected chi connectivity index (χ2v) is 5.24. The number of hydrogen-bond acceptors (Lipinski definition) is 3. The van der Waals surface area contributed by atoms with Crippen molar-refractivity contribution in [1.29, 1.82) is 0 Å². The summed E-state index contributed by atoms with van der Waals surface area (Å²) in [6.45, 7) is 4.94. The smallest absolute Gasteiger partial charge is 0.119 e. The summed E-state index contributed by atoms with van der Waals surface area (Å²) in [5, 5.41) is 9.83. The van der Waals surface area contributed by atoms with Crippen LogP contribution in [-0.2, 0) is 5.41 Å². The molecule has 1 aliphatic rings. The average Bonchev–Trinajstić information content (AvgIpc) is 2.40. The first kappa shape index (κ1) is 13.4. The predicted octanol–water partition coefficient (Wildman–Crippen LogP) is 2.04. The van der Waals surface area contributed by atoms with Crippen molar-refractivity contribution >= 4 is 0 Å². The molecule has 1 unspecified atom stereocenters. The van der Waals surface area contributed by atoms with Gasteiger partial charge in [-0.2, -0.15) is 0 Å². The molecule has 0 aromatic heterocycles. The maximum Gasteiger partial charge on any atom is 0.119 e. The number of likely N-dealkylation sites (tertiary alicyclic amines) is 1. The Morgan fingerprint density at radius 1 is 1.33 bits per heavy atom. The molecule has 2 rings (SSSR count). The zero-order chi connectivity index (χ0) is 13.0. The molecule has 1 aliphatic heterocycles. The van der Waals surface area contributed by atoms with Crippen molar-refractivity contribution in [3.05, 3.63) is 29.8 Å². The van der Waals surface area contributed by atoms with Gasteiger partial charge in [0.15, 0.2) is 0 Å². The van der Waals surface area contributed by atoms with Crippen molar-refractivity contribution in [3.63, 3.8) is 0 Å². The molecule has 0 amide bonds. The molecule has 1 saturated heterocycles. The lowest BCUT2D eigenvalue weighted by Crippen LogP contribution is -2.46. The van der Waals surface area contributed by atoms with Gasteiger partial charge in [0.1, 0.15) is 5.75 Å². The maximum absolute atomic E-state index is 9.83. The van der Waals surface area contributed by atoms with E-state index >= 15 is 0 Å². The van der Waals surface area contributed by atoms with Crippen molar-refractivity contribution in [2.45, 2.75) is 25.2 Å². The lowest BCUT2D eigenvalue weighted by molar-refractivity contribution is 0.105. The van der Waals surface area contributed by atoms with Crippen LogP contribution in [0.3, 0.4) is 0 Å². The van der Waals surface area contributed by atoms with Crippen LogP contribution in [0, 0.1) is 0 Å². The van der Waals surface area contributed by atoms with Gasteiger partial charge in [0.05, 0.1) is 13.2 Å². The Labute approximate surface area is 109 Å². The summed E-state index contributed by atoms with van der Waals surface area (Å²) < 4.78 is 5.46. The van der Waals surface area contributed by atoms with E-state index in [0.717, 1.165) is 31.7 Å². The molecule has 100 valence electrons. The Morgan fingerprint density at radius 3 is 2.61 bits per heavy atom. The van der Waals surface area contributed by atoms with Crippen LogP contribution < -0.4 is 4.74 Å². The molecule has 18 heavy (non-hydrogen) atoms. The van der Waals surface area contributed by atoms with E-state index < -0.39 is 0 Å². The zero-order valence-corrected chi connectivity index (χ0v) is 11.4. The van der Waals surface area contributed by atoms with E-state index in [9.17, 15) is 5.11 Å². The number of piperidine rings is 1. The molecule has 1 aromatic carbocycles. The molecular weight excluding hydrogens is 226 g/mol. The summed E-state index contributed by atoms with van der Waals surface area (Å²) in [4.78, 5) is 2.30. The van der Waals surface area contributed by atoms with Crippen LogP contribution in [0.15, 0.2) is 24.3 Å². The normalized spacial score (nSPS) is 25.1. The number of rotatable bonds is 4. The Morgan fingerprint density at radius 2 is 2.06 bits per heavy atom. The maximum atomic E-state index is 9.83. The molecule has 3 heteroatoms. The van der Waals surface area contributed by atoms with Gasteiger partial charge in [0.25, 0.3) is 0 Å². The fourth-order valence-corrected chi connectivity index (χ4v) is 2.89. The first-order valence-corrected chi connectivity index (χ1v) is 6.73. The quantitative estimate of drug-likeness (QED) is 0.886. The lowest BCUT2D eigenvalue weighted by Gasteiger charge is -2.40. The van der Waals surface area contributed by atoms with Gasteiger partial charge in [0, 0.05) is 12.0 Å². The van der Waals surface area contributed by atoms with Crippen LogP contribution in [0.5, 0.6) is 5.75 Å². The molecule has 3 nitrogen and oxygen atoms in total. The summed E-state index contributed by atoms with van der Waals surface area (Å²) in [5.41, 5.74) is 1.12. The third kappa shape index (κ3) is 2.68. The van der Waals surface area contributed by atoms with Crippen LogP contribution in [0.25, 0.3) is 0 Å². The summed E-state index contributed by atoms with van der Waals surface area (Å²) >= 11 is 0. The van der Waals surface area contributed by atoms with E-state index in [1.807, 2.05) is 19.1 Å². The molecule has 0 bridgehead atoms. The van der Waals surface area contributed by atoms with Crippen molar-refractivity contribution in [2.24, 2.45) is 0 Å². The van der Waals surface area contributed by atoms with Crippen LogP contribution in [0.1, 0.15) is 25.3 Å². The Kier molecular flexibility index (Phi) is 4.25. The highest BCUT2D eigenvalue weighted by Gasteiger charge is 2.35. The molecule has 1 N–H and O–H groups in total. The van der Waals surface area contributed by atoms with Crippen LogP contribution in [0.4, 0.5) is 0 Å². The van der Waals surface area contributed by atoms with Gasteiger partial charge in [-0.15, -0.1) is 0 Å². The van der Waals surface area contributed by atoms with E-state index in [1.54, 1.807) is 0 Å². The molecule has 0 spiro atoms. The number of benzene rings is 1. The number of likely N-dealkylation sites (N-methyl/N-ethyl adjacent to an activating group) is 1. The SMILES string of the molecule is CCOc1ccc(C2(CO)CCCN(C)C2)cc1. The van der Waals surface area contributed by atoms with Crippen LogP contribution >= 0.6 is 0 Å². The van der Waals surface area contributed by atoms with Gasteiger partial charge in [-0.1, -0.05) is 12.1 Å². The number of hydrogen-bond donors (Lipinski definition) is 1. The third-order valence-electron chi connectivity index (χ3n) is 3.85. The predicted molar refractivity (Wildman–Crippen MR) is 73.1 cm³/mol. The lowest BCUT2D eigenvalue weighted by atomic mass is 9.75. The average molecular weight is 249 g/mol. The minimum absolute atomic E-state index is 0.0995. The molecular formula is C15H23NO2. The first-order valence-electron chi connectivity index (χ1n) is 6.73. The highest BCUT2D eigenvalue weighted by molar-refractivity contribution is 5.33. The minimum Gasteiger partial charge on any atom is -0.494 e. The Hall–Kier alpha value is -1.06. The topological polar surface area (TPSA) is 32.7 Å². The van der Waals surface area contributed by atoms with Crippen LogP contribution in [-0.4, -0.2) is 43.4 Å². The van der Waals surface area contributed by atoms with Crippen molar-refractivity contribution in [1.82, 2.24) is 4.90 Å². The fraction of sp³-hybridized carbons (Fsp3) is 0.600. The molecule has 1 heterocycles. The Balaban J connectivity index is 2.21. The summed E-state index contributed by atoms with van der Waals surface area (Å²) in [6, 6.07) is 8.20. The van der Waals surface area contributed by atoms with E-state index in [2.05, 4.69) is 24.1 Å². The van der Waals surface area contributed by atoms with Gasteiger partial charge in [-0.3, -0.25) is 0 Å². The molecule has 0 radical (unpaired) electrons. The highest BCUT2D eigenvalue weighted by atomic mass is 16.5. The molecule has 0 aliphatic carbocycles. The third-order valence-corrected chi connectivity index (χ3v) is 3.85. The minimum atomic E-state index is -0.0995. The Bertz CT molecular complexity index is 377. The summed E-state index contributed by atoms with van der Waals surface area (Å²) in [5.74, 6) is 0.901.